The molecule has 0 unspecified atom stereocenters. The summed E-state index contributed by atoms with van der Waals surface area (Å²) in [5.41, 5.74) is 1.03. The zero-order valence-electron chi connectivity index (χ0n) is 10.1. The van der Waals surface area contributed by atoms with Crippen LogP contribution in [0.3, 0.4) is 0 Å². The molecule has 0 aromatic heterocycles. The Bertz CT molecular complexity index is 667. The van der Waals surface area contributed by atoms with E-state index < -0.39 is 23.0 Å². The summed E-state index contributed by atoms with van der Waals surface area (Å²) >= 11 is 0. The number of cyclic esters (lactones) is 1. The van der Waals surface area contributed by atoms with Gasteiger partial charge < -0.3 is 15.4 Å². The zero-order valence-corrected chi connectivity index (χ0v) is 10.1. The number of hydrogen-bond donors (Lipinski definition) is 2. The van der Waals surface area contributed by atoms with Gasteiger partial charge >= 0.3 is 12.0 Å². The normalized spacial score (nSPS) is 20.9. The summed E-state index contributed by atoms with van der Waals surface area (Å²) in [4.78, 5) is 33.5. The zero-order chi connectivity index (χ0) is 14.3. The summed E-state index contributed by atoms with van der Waals surface area (Å²) in [5.74, 6) is -0.538. The van der Waals surface area contributed by atoms with E-state index in [0.29, 0.717) is 11.3 Å². The first-order chi connectivity index (χ1) is 9.56. The van der Waals surface area contributed by atoms with Crippen molar-refractivity contribution in [3.63, 3.8) is 0 Å². The van der Waals surface area contributed by atoms with Crippen LogP contribution in [0.1, 0.15) is 11.6 Å². The number of nitrogens with one attached hydrogen (secondary N) is 2. The summed E-state index contributed by atoms with van der Waals surface area (Å²) in [5, 5.41) is 15.9. The van der Waals surface area contributed by atoms with Crippen molar-refractivity contribution in [1.82, 2.24) is 10.6 Å². The lowest BCUT2D eigenvalue weighted by atomic mass is 9.96. The van der Waals surface area contributed by atoms with Gasteiger partial charge in [-0.15, -0.1) is 0 Å². The second-order valence-corrected chi connectivity index (χ2v) is 4.35. The molecule has 0 radical (unpaired) electrons. The fourth-order valence-electron chi connectivity index (χ4n) is 2.26. The van der Waals surface area contributed by atoms with Gasteiger partial charge in [-0.25, -0.2) is 9.59 Å². The number of nitro groups is 1. The van der Waals surface area contributed by atoms with Crippen LogP contribution >= 0.6 is 0 Å². The molecule has 1 atom stereocenters. The minimum atomic E-state index is -0.742. The Morgan fingerprint density at radius 1 is 1.35 bits per heavy atom. The van der Waals surface area contributed by atoms with Crippen molar-refractivity contribution in [1.29, 1.82) is 0 Å². The molecular weight excluding hydrogens is 266 g/mol. The van der Waals surface area contributed by atoms with Crippen LogP contribution in [0.25, 0.3) is 0 Å². The van der Waals surface area contributed by atoms with Crippen molar-refractivity contribution in [3.05, 3.63) is 51.2 Å². The van der Waals surface area contributed by atoms with Gasteiger partial charge in [-0.05, 0) is 5.56 Å². The lowest BCUT2D eigenvalue weighted by Crippen LogP contribution is -2.44. The number of amides is 2. The standard InChI is InChI=1S/C12H9N3O5/c16-11-9-8(5-20-11)13-12(17)14-10(9)6-2-1-3-7(4-6)15(18)19/h1-4,10H,5H2,(H2,13,14,17)/t10-/m1/s1. The number of urea groups is 1. The van der Waals surface area contributed by atoms with Crippen LogP contribution in [0.2, 0.25) is 0 Å². The molecule has 3 rings (SSSR count). The number of carbonyl (C=O) groups excluding carboxylic acids is 2. The van der Waals surface area contributed by atoms with Crippen molar-refractivity contribution < 1.29 is 19.2 Å². The predicted octanol–water partition coefficient (Wildman–Crippen LogP) is 0.760. The number of nitrogens with zero attached hydrogens (tertiary/aromatic N) is 1. The number of ether oxygens (including phenoxy) is 1. The smallest absolute Gasteiger partial charge is 0.338 e. The number of nitro benzene ring substituents is 1. The average molecular weight is 275 g/mol. The molecule has 0 saturated carbocycles. The molecule has 2 heterocycles. The van der Waals surface area contributed by atoms with E-state index in [-0.39, 0.29) is 17.9 Å². The molecule has 0 saturated heterocycles. The van der Waals surface area contributed by atoms with Crippen LogP contribution in [0.4, 0.5) is 10.5 Å². The van der Waals surface area contributed by atoms with Gasteiger partial charge in [-0.2, -0.15) is 0 Å². The molecule has 0 spiro atoms. The molecule has 1 aromatic carbocycles. The topological polar surface area (TPSA) is 111 Å². The van der Waals surface area contributed by atoms with Gasteiger partial charge in [0.2, 0.25) is 0 Å². The predicted molar refractivity (Wildman–Crippen MR) is 65.5 cm³/mol. The van der Waals surface area contributed by atoms with E-state index in [1.807, 2.05) is 0 Å². The molecule has 2 aliphatic heterocycles. The third kappa shape index (κ3) is 1.87. The first-order valence-corrected chi connectivity index (χ1v) is 5.78. The maximum Gasteiger partial charge on any atom is 0.338 e. The van der Waals surface area contributed by atoms with E-state index in [2.05, 4.69) is 10.6 Å². The summed E-state index contributed by atoms with van der Waals surface area (Å²) in [6.07, 6.45) is 0. The molecule has 2 aliphatic rings. The molecule has 1 aromatic rings. The van der Waals surface area contributed by atoms with Crippen LogP contribution in [0.15, 0.2) is 35.5 Å². The van der Waals surface area contributed by atoms with Crippen LogP contribution in [-0.2, 0) is 9.53 Å². The first kappa shape index (κ1) is 12.2. The third-order valence-corrected chi connectivity index (χ3v) is 3.14. The number of rotatable bonds is 2. The molecule has 0 fully saturated rings. The number of hydrogen-bond acceptors (Lipinski definition) is 5. The Kier molecular flexibility index (Phi) is 2.63. The van der Waals surface area contributed by atoms with Crippen LogP contribution in [0.5, 0.6) is 0 Å². The lowest BCUT2D eigenvalue weighted by Gasteiger charge is -2.24. The van der Waals surface area contributed by atoms with Crippen LogP contribution in [-0.4, -0.2) is 23.5 Å². The van der Waals surface area contributed by atoms with Crippen molar-refractivity contribution in [2.45, 2.75) is 6.04 Å². The van der Waals surface area contributed by atoms with E-state index in [4.69, 9.17) is 4.74 Å². The number of benzene rings is 1. The Morgan fingerprint density at radius 3 is 2.90 bits per heavy atom. The van der Waals surface area contributed by atoms with Crippen molar-refractivity contribution in [2.75, 3.05) is 6.61 Å². The Labute approximate surface area is 112 Å². The molecule has 0 aliphatic carbocycles. The van der Waals surface area contributed by atoms with E-state index in [1.165, 1.54) is 18.2 Å². The first-order valence-electron chi connectivity index (χ1n) is 5.78. The van der Waals surface area contributed by atoms with Gasteiger partial charge in [0.05, 0.1) is 22.2 Å². The van der Waals surface area contributed by atoms with Gasteiger partial charge in [-0.3, -0.25) is 10.1 Å². The summed E-state index contributed by atoms with van der Waals surface area (Å²) < 4.78 is 4.88. The highest BCUT2D eigenvalue weighted by Crippen LogP contribution is 2.32. The number of esters is 1. The highest BCUT2D eigenvalue weighted by atomic mass is 16.6. The second-order valence-electron chi connectivity index (χ2n) is 4.35. The number of carbonyl (C=O) groups is 2. The lowest BCUT2D eigenvalue weighted by molar-refractivity contribution is -0.384. The molecule has 102 valence electrons. The second kappa shape index (κ2) is 4.34. The van der Waals surface area contributed by atoms with Crippen molar-refractivity contribution >= 4 is 17.7 Å². The van der Waals surface area contributed by atoms with Gasteiger partial charge in [0.1, 0.15) is 6.61 Å². The fraction of sp³-hybridized carbons (Fsp3) is 0.167. The SMILES string of the molecule is O=C1NC2=C(C(=O)OC2)[C@@H](c2cccc([N+](=O)[O-])c2)N1. The fourth-order valence-corrected chi connectivity index (χ4v) is 2.26. The minimum Gasteiger partial charge on any atom is -0.456 e. The van der Waals surface area contributed by atoms with Gasteiger partial charge in [-0.1, -0.05) is 12.1 Å². The Hall–Kier alpha value is -2.90. The van der Waals surface area contributed by atoms with Crippen molar-refractivity contribution in [2.24, 2.45) is 0 Å². The summed E-state index contributed by atoms with van der Waals surface area (Å²) in [6, 6.07) is 4.57. The number of non-ortho nitro benzene ring substituents is 1. The Morgan fingerprint density at radius 2 is 2.15 bits per heavy atom. The van der Waals surface area contributed by atoms with Crippen LogP contribution < -0.4 is 10.6 Å². The molecule has 8 nitrogen and oxygen atoms in total. The molecule has 20 heavy (non-hydrogen) atoms. The molecule has 2 amide bonds. The van der Waals surface area contributed by atoms with Crippen LogP contribution in [0, 0.1) is 10.1 Å². The largest absolute Gasteiger partial charge is 0.456 e. The molecule has 0 bridgehead atoms. The summed E-state index contributed by atoms with van der Waals surface area (Å²) in [6.45, 7) is 0.00696. The summed E-state index contributed by atoms with van der Waals surface area (Å²) in [7, 11) is 0. The molecular formula is C12H9N3O5. The third-order valence-electron chi connectivity index (χ3n) is 3.14. The van der Waals surface area contributed by atoms with Gasteiger partial charge in [0.15, 0.2) is 0 Å². The molecule has 8 heteroatoms. The highest BCUT2D eigenvalue weighted by molar-refractivity contribution is 5.97. The maximum atomic E-state index is 11.7. The van der Waals surface area contributed by atoms with Gasteiger partial charge in [0.25, 0.3) is 5.69 Å². The van der Waals surface area contributed by atoms with E-state index >= 15 is 0 Å². The van der Waals surface area contributed by atoms with Crippen molar-refractivity contribution in [3.8, 4) is 0 Å². The van der Waals surface area contributed by atoms with Gasteiger partial charge in [0, 0.05) is 12.1 Å². The maximum absolute atomic E-state index is 11.7. The van der Waals surface area contributed by atoms with E-state index in [0.717, 1.165) is 0 Å². The van der Waals surface area contributed by atoms with E-state index in [9.17, 15) is 19.7 Å². The molecule has 2 N–H and O–H groups in total. The minimum absolute atomic E-state index is 0.00696. The monoisotopic (exact) mass is 275 g/mol. The van der Waals surface area contributed by atoms with E-state index in [1.54, 1.807) is 6.07 Å². The highest BCUT2D eigenvalue weighted by Gasteiger charge is 2.38. The Balaban J connectivity index is 2.06. The quantitative estimate of drug-likeness (QED) is 0.470. The average Bonchev–Trinajstić information content (AvgIpc) is 2.79.